The van der Waals surface area contributed by atoms with E-state index in [0.717, 1.165) is 15.7 Å². The van der Waals surface area contributed by atoms with Gasteiger partial charge in [0.05, 0.1) is 7.11 Å². The van der Waals surface area contributed by atoms with Crippen LogP contribution in [-0.2, 0) is 0 Å². The molecule has 1 unspecified atom stereocenters. The SMILES string of the molecule is COc1cccc(C(CN)Sc2ncns2)c1. The molecule has 0 fully saturated rings. The molecule has 0 aliphatic rings. The van der Waals surface area contributed by atoms with Crippen molar-refractivity contribution in [3.63, 3.8) is 0 Å². The van der Waals surface area contributed by atoms with Crippen LogP contribution in [0, 0.1) is 0 Å². The molecule has 2 rings (SSSR count). The molecule has 1 aromatic heterocycles. The van der Waals surface area contributed by atoms with E-state index in [1.807, 2.05) is 24.3 Å². The number of nitrogens with zero attached hydrogens (tertiary/aromatic N) is 2. The van der Waals surface area contributed by atoms with Crippen LogP contribution in [0.3, 0.4) is 0 Å². The standard InChI is InChI=1S/C11H13N3OS2/c1-15-9-4-2-3-8(5-9)10(6-12)16-11-13-7-14-17-11/h2-5,7,10H,6,12H2,1H3. The summed E-state index contributed by atoms with van der Waals surface area (Å²) in [5.74, 6) is 0.846. The molecule has 2 aromatic rings. The molecule has 0 aliphatic heterocycles. The Bertz CT molecular complexity index is 461. The van der Waals surface area contributed by atoms with Crippen LogP contribution < -0.4 is 10.5 Å². The first-order valence-electron chi connectivity index (χ1n) is 5.11. The van der Waals surface area contributed by atoms with Gasteiger partial charge >= 0.3 is 0 Å². The molecule has 90 valence electrons. The number of hydrogen-bond acceptors (Lipinski definition) is 6. The fourth-order valence-corrected chi connectivity index (χ4v) is 3.09. The van der Waals surface area contributed by atoms with Crippen LogP contribution in [0.2, 0.25) is 0 Å². The lowest BCUT2D eigenvalue weighted by Crippen LogP contribution is -2.09. The van der Waals surface area contributed by atoms with Gasteiger partial charge in [0, 0.05) is 11.8 Å². The Hall–Kier alpha value is -1.11. The predicted octanol–water partition coefficient (Wildman–Crippen LogP) is 2.34. The second-order valence-corrected chi connectivity index (χ2v) is 5.56. The van der Waals surface area contributed by atoms with Crippen molar-refractivity contribution in [3.8, 4) is 5.75 Å². The van der Waals surface area contributed by atoms with E-state index in [2.05, 4.69) is 9.36 Å². The summed E-state index contributed by atoms with van der Waals surface area (Å²) in [7, 11) is 1.66. The van der Waals surface area contributed by atoms with E-state index in [1.165, 1.54) is 11.5 Å². The van der Waals surface area contributed by atoms with Crippen LogP contribution in [0.25, 0.3) is 0 Å². The highest BCUT2D eigenvalue weighted by atomic mass is 32.2. The lowest BCUT2D eigenvalue weighted by molar-refractivity contribution is 0.414. The average Bonchev–Trinajstić information content (AvgIpc) is 2.89. The average molecular weight is 267 g/mol. The number of benzene rings is 1. The van der Waals surface area contributed by atoms with Crippen molar-refractivity contribution in [3.05, 3.63) is 36.2 Å². The molecule has 2 N–H and O–H groups in total. The van der Waals surface area contributed by atoms with Crippen LogP contribution in [0.15, 0.2) is 34.9 Å². The monoisotopic (exact) mass is 267 g/mol. The van der Waals surface area contributed by atoms with E-state index in [0.29, 0.717) is 6.54 Å². The first-order valence-corrected chi connectivity index (χ1v) is 6.76. The molecule has 6 heteroatoms. The largest absolute Gasteiger partial charge is 0.497 e. The molecule has 0 bridgehead atoms. The number of thioether (sulfide) groups is 1. The molecule has 0 saturated heterocycles. The van der Waals surface area contributed by atoms with E-state index in [-0.39, 0.29) is 5.25 Å². The number of nitrogens with two attached hydrogens (primary N) is 1. The van der Waals surface area contributed by atoms with E-state index in [1.54, 1.807) is 25.2 Å². The first-order chi connectivity index (χ1) is 8.33. The molecule has 0 spiro atoms. The van der Waals surface area contributed by atoms with Crippen molar-refractivity contribution >= 4 is 23.3 Å². The maximum absolute atomic E-state index is 5.81. The Morgan fingerprint density at radius 2 is 2.41 bits per heavy atom. The minimum absolute atomic E-state index is 0.179. The van der Waals surface area contributed by atoms with Crippen molar-refractivity contribution in [1.82, 2.24) is 9.36 Å². The second-order valence-electron chi connectivity index (χ2n) is 3.33. The van der Waals surface area contributed by atoms with Crippen LogP contribution >= 0.6 is 23.3 Å². The van der Waals surface area contributed by atoms with Gasteiger partial charge in [-0.25, -0.2) is 4.98 Å². The summed E-state index contributed by atoms with van der Waals surface area (Å²) in [4.78, 5) is 4.16. The zero-order valence-corrected chi connectivity index (χ0v) is 11.0. The lowest BCUT2D eigenvalue weighted by Gasteiger charge is -2.13. The highest BCUT2D eigenvalue weighted by Crippen LogP contribution is 2.35. The van der Waals surface area contributed by atoms with Gasteiger partial charge in [-0.2, -0.15) is 4.37 Å². The fourth-order valence-electron chi connectivity index (χ4n) is 1.43. The lowest BCUT2D eigenvalue weighted by atomic mass is 10.1. The van der Waals surface area contributed by atoms with E-state index >= 15 is 0 Å². The van der Waals surface area contributed by atoms with E-state index < -0.39 is 0 Å². The molecule has 0 aliphatic carbocycles. The Labute approximate surface area is 108 Å². The van der Waals surface area contributed by atoms with Gasteiger partial charge in [0.2, 0.25) is 0 Å². The zero-order chi connectivity index (χ0) is 12.1. The van der Waals surface area contributed by atoms with Gasteiger partial charge < -0.3 is 10.5 Å². The number of ether oxygens (including phenoxy) is 1. The molecular formula is C11H13N3OS2. The Morgan fingerprint density at radius 1 is 1.53 bits per heavy atom. The minimum atomic E-state index is 0.179. The van der Waals surface area contributed by atoms with Gasteiger partial charge in [-0.05, 0) is 29.2 Å². The van der Waals surface area contributed by atoms with Gasteiger partial charge in [0.1, 0.15) is 12.1 Å². The number of aromatic nitrogens is 2. The predicted molar refractivity (Wildman–Crippen MR) is 70.6 cm³/mol. The Balaban J connectivity index is 2.16. The van der Waals surface area contributed by atoms with Crippen LogP contribution in [0.4, 0.5) is 0 Å². The quantitative estimate of drug-likeness (QED) is 0.843. The molecule has 1 heterocycles. The third-order valence-corrected chi connectivity index (χ3v) is 4.29. The van der Waals surface area contributed by atoms with Crippen molar-refractivity contribution in [2.24, 2.45) is 5.73 Å². The van der Waals surface area contributed by atoms with Gasteiger partial charge in [-0.15, -0.1) is 0 Å². The summed E-state index contributed by atoms with van der Waals surface area (Å²) in [5.41, 5.74) is 6.95. The second kappa shape index (κ2) is 6.00. The van der Waals surface area contributed by atoms with Gasteiger partial charge in [0.15, 0.2) is 4.34 Å². The highest BCUT2D eigenvalue weighted by Gasteiger charge is 2.13. The van der Waals surface area contributed by atoms with Crippen LogP contribution in [-0.4, -0.2) is 23.0 Å². The Kier molecular flexibility index (Phi) is 4.36. The van der Waals surface area contributed by atoms with Crippen molar-refractivity contribution in [2.75, 3.05) is 13.7 Å². The van der Waals surface area contributed by atoms with Crippen molar-refractivity contribution in [1.29, 1.82) is 0 Å². The maximum Gasteiger partial charge on any atom is 0.170 e. The van der Waals surface area contributed by atoms with Gasteiger partial charge in [-0.3, -0.25) is 0 Å². The van der Waals surface area contributed by atoms with Crippen molar-refractivity contribution in [2.45, 2.75) is 9.59 Å². The summed E-state index contributed by atoms with van der Waals surface area (Å²) >= 11 is 3.02. The minimum Gasteiger partial charge on any atom is -0.497 e. The normalized spacial score (nSPS) is 12.4. The van der Waals surface area contributed by atoms with E-state index in [4.69, 9.17) is 10.5 Å². The molecule has 1 atom stereocenters. The molecule has 0 amide bonds. The number of rotatable bonds is 5. The van der Waals surface area contributed by atoms with Crippen LogP contribution in [0.1, 0.15) is 10.8 Å². The van der Waals surface area contributed by atoms with Crippen molar-refractivity contribution < 1.29 is 4.74 Å². The fraction of sp³-hybridized carbons (Fsp3) is 0.273. The smallest absolute Gasteiger partial charge is 0.170 e. The van der Waals surface area contributed by atoms with Gasteiger partial charge in [0.25, 0.3) is 0 Å². The molecular weight excluding hydrogens is 254 g/mol. The van der Waals surface area contributed by atoms with Crippen LogP contribution in [0.5, 0.6) is 5.75 Å². The first kappa shape index (κ1) is 12.3. The molecule has 0 radical (unpaired) electrons. The molecule has 17 heavy (non-hydrogen) atoms. The molecule has 1 aromatic carbocycles. The van der Waals surface area contributed by atoms with Gasteiger partial charge in [-0.1, -0.05) is 23.9 Å². The topological polar surface area (TPSA) is 61.0 Å². The molecule has 4 nitrogen and oxygen atoms in total. The summed E-state index contributed by atoms with van der Waals surface area (Å²) in [6, 6.07) is 7.95. The third kappa shape index (κ3) is 3.18. The number of hydrogen-bond donors (Lipinski definition) is 1. The third-order valence-electron chi connectivity index (χ3n) is 2.26. The Morgan fingerprint density at radius 3 is 3.06 bits per heavy atom. The summed E-state index contributed by atoms with van der Waals surface area (Å²) < 4.78 is 10.1. The summed E-state index contributed by atoms with van der Waals surface area (Å²) in [6.45, 7) is 0.553. The summed E-state index contributed by atoms with van der Waals surface area (Å²) in [6.07, 6.45) is 1.56. The number of methoxy groups -OCH3 is 1. The highest BCUT2D eigenvalue weighted by molar-refractivity contribution is 8.01. The molecule has 0 saturated carbocycles. The summed E-state index contributed by atoms with van der Waals surface area (Å²) in [5, 5.41) is 0.179. The van der Waals surface area contributed by atoms with E-state index in [9.17, 15) is 0 Å². The zero-order valence-electron chi connectivity index (χ0n) is 9.37. The maximum atomic E-state index is 5.81.